The number of hydrogen-bond acceptors (Lipinski definition) is 11. The van der Waals surface area contributed by atoms with Crippen molar-refractivity contribution in [2.45, 2.75) is 117 Å². The molecule has 5 aromatic rings. The molecule has 4 aromatic heterocycles. The van der Waals surface area contributed by atoms with Crippen LogP contribution in [0.4, 0.5) is 4.79 Å². The molecule has 4 atom stereocenters. The first-order valence-electron chi connectivity index (χ1n) is 23.5. The molecule has 0 spiro atoms. The fourth-order valence-electron chi connectivity index (χ4n) is 10.1. The molecule has 67 heavy (non-hydrogen) atoms. The fourth-order valence-corrected chi connectivity index (χ4v) is 12.2. The van der Waals surface area contributed by atoms with Gasteiger partial charge in [0, 0.05) is 102 Å². The van der Waals surface area contributed by atoms with E-state index >= 15 is 0 Å². The number of nitrogens with one attached hydrogen (secondary N) is 2. The second-order valence-corrected chi connectivity index (χ2v) is 22.6. The SMILES string of the molecule is CCn1c(-c2cccnc2[C@H](C)OC)c2c3cc(ccc31)-c1csc(n1)C[C@]([SiH3])(NC(=O)[C@H](C(C)C)N(C)C(=O)N1CC(n3nc(C)cc3C)C1)C(=O)N1CCC[C@H](N1)C(=O)OCC(C)(C)C2. The van der Waals surface area contributed by atoms with E-state index in [1.54, 1.807) is 25.3 Å². The van der Waals surface area contributed by atoms with Crippen LogP contribution < -0.4 is 10.7 Å². The Kier molecular flexibility index (Phi) is 13.6. The summed E-state index contributed by atoms with van der Waals surface area (Å²) in [6.07, 6.45) is 3.30. The molecule has 16 nitrogen and oxygen atoms in total. The van der Waals surface area contributed by atoms with Crippen molar-refractivity contribution < 1.29 is 28.7 Å². The maximum absolute atomic E-state index is 15.0. The third-order valence-electron chi connectivity index (χ3n) is 13.7. The van der Waals surface area contributed by atoms with Crippen molar-refractivity contribution in [3.63, 3.8) is 0 Å². The highest BCUT2D eigenvalue weighted by Crippen LogP contribution is 2.42. The summed E-state index contributed by atoms with van der Waals surface area (Å²) in [6, 6.07) is 10.7. The third-order valence-corrected chi connectivity index (χ3v) is 15.5. The zero-order valence-electron chi connectivity index (χ0n) is 40.8. The van der Waals surface area contributed by atoms with Gasteiger partial charge in [0.15, 0.2) is 0 Å². The number of aromatic nitrogens is 5. The quantitative estimate of drug-likeness (QED) is 0.145. The van der Waals surface area contributed by atoms with Crippen molar-refractivity contribution in [2.75, 3.05) is 40.4 Å². The maximum atomic E-state index is 15.0. The molecule has 358 valence electrons. The molecule has 2 N–H and O–H groups in total. The molecular formula is C49H66N10O6SSi. The minimum atomic E-state index is -1.39. The Balaban J connectivity index is 1.15. The summed E-state index contributed by atoms with van der Waals surface area (Å²) in [7, 11) is 3.54. The standard InChI is InChI=1S/C49H66N10O6SSi/c1-11-57-39-17-16-32-21-35(39)36(43(57)34-14-12-18-50-41(34)31(6)64-10)22-48(7,8)27-65-45(61)37-15-13-19-58(54-37)46(62)49(67,23-40-51-38(32)26-66-40)52-44(60)42(28(2)3)55(9)47(63)56-24-33(25-56)59-30(5)20-29(4)53-59/h12,14,16-18,20-21,26,28,31,33,37,42,54H,11,13,15,19,22-25,27H2,1-10,67H3,(H,52,60)/t31-,37-,42-,49+/m0/s1. The van der Waals surface area contributed by atoms with E-state index in [1.807, 2.05) is 56.8 Å². The molecule has 6 bridgehead atoms. The molecule has 0 radical (unpaired) electrons. The summed E-state index contributed by atoms with van der Waals surface area (Å²) in [5.41, 5.74) is 11.4. The Morgan fingerprint density at radius 1 is 1.12 bits per heavy atom. The van der Waals surface area contributed by atoms with Gasteiger partial charge in [0.2, 0.25) is 5.91 Å². The zero-order chi connectivity index (χ0) is 48.1. The molecule has 3 aliphatic heterocycles. The van der Waals surface area contributed by atoms with Gasteiger partial charge in [0.05, 0.1) is 46.5 Å². The molecule has 0 unspecified atom stereocenters. The lowest BCUT2D eigenvalue weighted by molar-refractivity contribution is -0.156. The summed E-state index contributed by atoms with van der Waals surface area (Å²) in [5.74, 6) is -1.50. The molecule has 1 aromatic carbocycles. The van der Waals surface area contributed by atoms with Crippen LogP contribution in [-0.4, -0.2) is 131 Å². The van der Waals surface area contributed by atoms with Crippen LogP contribution >= 0.6 is 11.3 Å². The number of thiazole rings is 1. The number of amides is 4. The fraction of sp³-hybridized carbons (Fsp3) is 0.531. The number of cyclic esters (lactones) is 1. The molecule has 4 amide bonds. The first kappa shape index (κ1) is 48.0. The highest BCUT2D eigenvalue weighted by atomic mass is 32.1. The van der Waals surface area contributed by atoms with Crippen LogP contribution in [0, 0.1) is 25.2 Å². The lowest BCUT2D eigenvalue weighted by Gasteiger charge is -2.44. The van der Waals surface area contributed by atoms with E-state index in [1.165, 1.54) is 21.2 Å². The predicted molar refractivity (Wildman–Crippen MR) is 262 cm³/mol. The van der Waals surface area contributed by atoms with Crippen LogP contribution in [0.2, 0.25) is 0 Å². The molecule has 0 aliphatic carbocycles. The van der Waals surface area contributed by atoms with Crippen LogP contribution in [0.25, 0.3) is 33.4 Å². The molecule has 18 heteroatoms. The first-order chi connectivity index (χ1) is 31.8. The summed E-state index contributed by atoms with van der Waals surface area (Å²) in [6.45, 7) is 18.3. The van der Waals surface area contributed by atoms with Gasteiger partial charge in [-0.05, 0) is 88.8 Å². The molecule has 2 fully saturated rings. The minimum absolute atomic E-state index is 0.0591. The molecule has 7 heterocycles. The lowest BCUT2D eigenvalue weighted by atomic mass is 9.84. The van der Waals surface area contributed by atoms with E-state index in [0.29, 0.717) is 50.4 Å². The van der Waals surface area contributed by atoms with E-state index in [4.69, 9.17) is 19.4 Å². The van der Waals surface area contributed by atoms with Crippen molar-refractivity contribution in [3.8, 4) is 22.5 Å². The zero-order valence-corrected chi connectivity index (χ0v) is 43.6. The van der Waals surface area contributed by atoms with E-state index in [0.717, 1.165) is 56.1 Å². The number of carbonyl (C=O) groups excluding carboxylic acids is 4. The number of rotatable bonds is 9. The smallest absolute Gasteiger partial charge is 0.324 e. The minimum Gasteiger partial charge on any atom is -0.464 e. The number of methoxy groups -OCH3 is 1. The van der Waals surface area contributed by atoms with Crippen LogP contribution in [0.3, 0.4) is 0 Å². The number of likely N-dealkylation sites (N-methyl/N-ethyl adjacent to an activating group) is 1. The topological polar surface area (TPSA) is 169 Å². The van der Waals surface area contributed by atoms with Crippen molar-refractivity contribution in [3.05, 3.63) is 75.6 Å². The number of carbonyl (C=O) groups is 4. The monoisotopic (exact) mass is 950 g/mol. The van der Waals surface area contributed by atoms with Crippen LogP contribution in [0.15, 0.2) is 48.0 Å². The van der Waals surface area contributed by atoms with Gasteiger partial charge in [-0.1, -0.05) is 33.8 Å². The van der Waals surface area contributed by atoms with Gasteiger partial charge in [-0.25, -0.2) is 15.2 Å². The number of urea groups is 1. The number of likely N-dealkylation sites (tertiary alicyclic amines) is 1. The number of fused-ring (bicyclic) bond motifs is 6. The third kappa shape index (κ3) is 9.41. The summed E-state index contributed by atoms with van der Waals surface area (Å²) >= 11 is 1.44. The number of esters is 1. The molecule has 0 saturated carbocycles. The second-order valence-electron chi connectivity index (χ2n) is 20.0. The number of hydrogen-bond donors (Lipinski definition) is 2. The number of aryl methyl sites for hydroxylation is 3. The maximum Gasteiger partial charge on any atom is 0.324 e. The predicted octanol–water partition coefficient (Wildman–Crippen LogP) is 5.34. The van der Waals surface area contributed by atoms with Gasteiger partial charge in [-0.15, -0.1) is 11.3 Å². The Labute approximate surface area is 400 Å². The Hall–Kier alpha value is -5.43. The molecule has 8 rings (SSSR count). The Bertz CT molecular complexity index is 2690. The molecule has 2 saturated heterocycles. The first-order valence-corrected chi connectivity index (χ1v) is 25.4. The molecule has 3 aliphatic rings. The number of nitrogens with zero attached hydrogens (tertiary/aromatic N) is 8. The summed E-state index contributed by atoms with van der Waals surface area (Å²) in [5, 5.41) is 11.6. The van der Waals surface area contributed by atoms with Crippen LogP contribution in [0.5, 0.6) is 0 Å². The average molecular weight is 951 g/mol. The number of benzene rings is 1. The largest absolute Gasteiger partial charge is 0.464 e. The van der Waals surface area contributed by atoms with Crippen LogP contribution in [-0.2, 0) is 43.2 Å². The van der Waals surface area contributed by atoms with Crippen molar-refractivity contribution >= 4 is 56.3 Å². The van der Waals surface area contributed by atoms with Gasteiger partial charge in [0.25, 0.3) is 5.91 Å². The van der Waals surface area contributed by atoms with Gasteiger partial charge in [-0.2, -0.15) is 5.10 Å². The van der Waals surface area contributed by atoms with Crippen LogP contribution in [0.1, 0.15) is 94.2 Å². The van der Waals surface area contributed by atoms with E-state index in [2.05, 4.69) is 65.4 Å². The van der Waals surface area contributed by atoms with Crippen molar-refractivity contribution in [1.82, 2.24) is 49.9 Å². The van der Waals surface area contributed by atoms with Gasteiger partial charge in [-0.3, -0.25) is 29.1 Å². The highest BCUT2D eigenvalue weighted by molar-refractivity contribution is 7.10. The van der Waals surface area contributed by atoms with E-state index < -0.39 is 34.5 Å². The van der Waals surface area contributed by atoms with Crippen molar-refractivity contribution in [1.29, 1.82) is 0 Å². The molecular weight excluding hydrogens is 885 g/mol. The Morgan fingerprint density at radius 2 is 1.88 bits per heavy atom. The van der Waals surface area contributed by atoms with Gasteiger partial charge in [0.1, 0.15) is 17.2 Å². The van der Waals surface area contributed by atoms with Gasteiger partial charge >= 0.3 is 12.0 Å². The highest BCUT2D eigenvalue weighted by Gasteiger charge is 2.45. The summed E-state index contributed by atoms with van der Waals surface area (Å²) < 4.78 is 16.3. The lowest BCUT2D eigenvalue weighted by Crippen LogP contribution is -2.69. The van der Waals surface area contributed by atoms with Crippen molar-refractivity contribution in [2.24, 2.45) is 11.3 Å². The number of ether oxygens (including phenoxy) is 2. The number of hydrazine groups is 1. The average Bonchev–Trinajstić information content (AvgIpc) is 3.97. The van der Waals surface area contributed by atoms with E-state index in [9.17, 15) is 19.2 Å². The number of pyridine rings is 1. The van der Waals surface area contributed by atoms with Gasteiger partial charge < -0.3 is 29.2 Å². The Morgan fingerprint density at radius 3 is 2.57 bits per heavy atom. The van der Waals surface area contributed by atoms with E-state index in [-0.39, 0.29) is 53.3 Å². The normalized spacial score (nSPS) is 21.2. The second kappa shape index (κ2) is 18.9. The summed E-state index contributed by atoms with van der Waals surface area (Å²) in [4.78, 5) is 70.9.